The largest absolute Gasteiger partial charge is 0.496 e. The summed E-state index contributed by atoms with van der Waals surface area (Å²) in [7, 11) is 1.66. The molecule has 1 nitrogen and oxygen atoms in total. The number of halogens is 2. The number of alkyl halides is 1. The zero-order chi connectivity index (χ0) is 12.1. The molecule has 0 radical (unpaired) electrons. The van der Waals surface area contributed by atoms with Gasteiger partial charge in [0.1, 0.15) is 5.75 Å². The van der Waals surface area contributed by atoms with Crippen LogP contribution in [0.5, 0.6) is 5.75 Å². The van der Waals surface area contributed by atoms with Crippen molar-refractivity contribution in [1.29, 1.82) is 0 Å². The second kappa shape index (κ2) is 6.31. The molecule has 0 aliphatic carbocycles. The molecule has 0 aliphatic heterocycles. The van der Waals surface area contributed by atoms with Crippen molar-refractivity contribution in [2.45, 2.75) is 13.8 Å². The molecule has 0 atom stereocenters. The monoisotopic (exact) mass is 302 g/mol. The Morgan fingerprint density at radius 2 is 2.19 bits per heavy atom. The van der Waals surface area contributed by atoms with E-state index in [1.165, 1.54) is 5.57 Å². The summed E-state index contributed by atoms with van der Waals surface area (Å²) in [6.07, 6.45) is 2.10. The van der Waals surface area contributed by atoms with E-state index in [9.17, 15) is 0 Å². The first-order valence-corrected chi connectivity index (χ1v) is 6.69. The van der Waals surface area contributed by atoms with E-state index in [4.69, 9.17) is 16.3 Å². The van der Waals surface area contributed by atoms with Crippen molar-refractivity contribution in [3.05, 3.63) is 34.4 Å². The molecule has 3 heteroatoms. The van der Waals surface area contributed by atoms with Crippen molar-refractivity contribution in [3.63, 3.8) is 0 Å². The molecule has 0 aliphatic rings. The molecular formula is C13H16BrClO. The summed E-state index contributed by atoms with van der Waals surface area (Å²) < 4.78 is 5.31. The fourth-order valence-corrected chi connectivity index (χ4v) is 2.41. The first kappa shape index (κ1) is 13.6. The van der Waals surface area contributed by atoms with E-state index in [0.29, 0.717) is 5.92 Å². The first-order valence-electron chi connectivity index (χ1n) is 5.19. The second-order valence-corrected chi connectivity index (χ2v) is 4.83. The van der Waals surface area contributed by atoms with Gasteiger partial charge in [-0.05, 0) is 24.1 Å². The van der Waals surface area contributed by atoms with E-state index in [1.807, 2.05) is 18.2 Å². The number of hydrogen-bond donors (Lipinski definition) is 0. The van der Waals surface area contributed by atoms with Crippen LogP contribution in [0.4, 0.5) is 0 Å². The predicted molar refractivity (Wildman–Crippen MR) is 74.6 cm³/mol. The molecule has 0 aromatic heterocycles. The first-order chi connectivity index (χ1) is 7.60. The molecule has 0 bridgehead atoms. The van der Waals surface area contributed by atoms with Crippen LogP contribution in [0, 0.1) is 5.92 Å². The van der Waals surface area contributed by atoms with Crippen LogP contribution in [0.15, 0.2) is 23.8 Å². The van der Waals surface area contributed by atoms with Gasteiger partial charge in [-0.2, -0.15) is 0 Å². The average molecular weight is 304 g/mol. The molecule has 0 saturated heterocycles. The van der Waals surface area contributed by atoms with Crippen LogP contribution in [-0.2, 0) is 0 Å². The topological polar surface area (TPSA) is 9.23 Å². The van der Waals surface area contributed by atoms with Gasteiger partial charge in [0.25, 0.3) is 0 Å². The van der Waals surface area contributed by atoms with Crippen LogP contribution in [0.3, 0.4) is 0 Å². The molecular weight excluding hydrogens is 287 g/mol. The number of rotatable bonds is 4. The van der Waals surface area contributed by atoms with Crippen LogP contribution in [0.1, 0.15) is 19.4 Å². The van der Waals surface area contributed by atoms with Crippen molar-refractivity contribution >= 4 is 33.6 Å². The molecule has 0 N–H and O–H groups in total. The van der Waals surface area contributed by atoms with Crippen LogP contribution >= 0.6 is 27.5 Å². The Labute approximate surface area is 111 Å². The molecule has 0 saturated carbocycles. The Morgan fingerprint density at radius 3 is 2.69 bits per heavy atom. The lowest BCUT2D eigenvalue weighted by molar-refractivity contribution is 0.414. The minimum atomic E-state index is 0.486. The molecule has 1 aromatic carbocycles. The predicted octanol–water partition coefficient (Wildman–Crippen LogP) is 4.78. The molecule has 1 rings (SSSR count). The third kappa shape index (κ3) is 3.26. The number of benzene rings is 1. The van der Waals surface area contributed by atoms with E-state index in [0.717, 1.165) is 21.7 Å². The number of allylic oxidation sites excluding steroid dienone is 1. The summed E-state index contributed by atoms with van der Waals surface area (Å²) in [4.78, 5) is 0. The zero-order valence-electron chi connectivity index (χ0n) is 9.76. The Kier molecular flexibility index (Phi) is 5.36. The Hall–Kier alpha value is -0.470. The molecule has 0 unspecified atom stereocenters. The van der Waals surface area contributed by atoms with Crippen molar-refractivity contribution in [2.24, 2.45) is 5.92 Å². The van der Waals surface area contributed by atoms with Crippen LogP contribution in [0.25, 0.3) is 6.08 Å². The third-order valence-electron chi connectivity index (χ3n) is 2.46. The molecule has 0 amide bonds. The lowest BCUT2D eigenvalue weighted by Crippen LogP contribution is -1.96. The minimum Gasteiger partial charge on any atom is -0.496 e. The minimum absolute atomic E-state index is 0.486. The normalized spacial score (nSPS) is 12.0. The van der Waals surface area contributed by atoms with Gasteiger partial charge in [0, 0.05) is 10.9 Å². The lowest BCUT2D eigenvalue weighted by atomic mass is 10.0. The van der Waals surface area contributed by atoms with Gasteiger partial charge in [0.05, 0.1) is 12.1 Å². The Balaban J connectivity index is 3.21. The highest BCUT2D eigenvalue weighted by molar-refractivity contribution is 9.09. The highest BCUT2D eigenvalue weighted by Gasteiger charge is 2.08. The zero-order valence-corrected chi connectivity index (χ0v) is 12.1. The van der Waals surface area contributed by atoms with Gasteiger partial charge in [-0.1, -0.05) is 53.0 Å². The van der Waals surface area contributed by atoms with E-state index in [1.54, 1.807) is 7.11 Å². The lowest BCUT2D eigenvalue weighted by Gasteiger charge is -2.11. The van der Waals surface area contributed by atoms with Gasteiger partial charge < -0.3 is 4.74 Å². The summed E-state index contributed by atoms with van der Waals surface area (Å²) in [5, 5.41) is 1.57. The number of hydrogen-bond acceptors (Lipinski definition) is 1. The van der Waals surface area contributed by atoms with Gasteiger partial charge in [0.2, 0.25) is 0 Å². The summed E-state index contributed by atoms with van der Waals surface area (Å²) in [5.41, 5.74) is 2.25. The summed E-state index contributed by atoms with van der Waals surface area (Å²) in [6.45, 7) is 4.33. The summed E-state index contributed by atoms with van der Waals surface area (Å²) in [5.74, 6) is 1.30. The molecule has 0 heterocycles. The van der Waals surface area contributed by atoms with Gasteiger partial charge >= 0.3 is 0 Å². The summed E-state index contributed by atoms with van der Waals surface area (Å²) >= 11 is 9.67. The van der Waals surface area contributed by atoms with Gasteiger partial charge in [-0.3, -0.25) is 0 Å². The van der Waals surface area contributed by atoms with E-state index in [-0.39, 0.29) is 0 Å². The van der Waals surface area contributed by atoms with E-state index >= 15 is 0 Å². The molecule has 16 heavy (non-hydrogen) atoms. The van der Waals surface area contributed by atoms with Gasteiger partial charge in [-0.15, -0.1) is 0 Å². The molecule has 0 spiro atoms. The Morgan fingerprint density at radius 1 is 1.50 bits per heavy atom. The maximum absolute atomic E-state index is 6.17. The highest BCUT2D eigenvalue weighted by atomic mass is 79.9. The Bertz CT molecular complexity index is 386. The highest BCUT2D eigenvalue weighted by Crippen LogP contribution is 2.30. The maximum Gasteiger partial charge on any atom is 0.127 e. The van der Waals surface area contributed by atoms with Crippen molar-refractivity contribution in [2.75, 3.05) is 12.4 Å². The second-order valence-electron chi connectivity index (χ2n) is 3.86. The molecule has 0 fully saturated rings. The summed E-state index contributed by atoms with van der Waals surface area (Å²) in [6, 6.07) is 5.69. The standard InChI is InChI=1S/C13H16BrClO/c1-9(2)10(8-14)7-11-12(15)5-4-6-13(11)16-3/h4-7,9H,8H2,1-3H3/b10-7-. The van der Waals surface area contributed by atoms with Crippen LogP contribution in [-0.4, -0.2) is 12.4 Å². The maximum atomic E-state index is 6.17. The average Bonchev–Trinajstić information content (AvgIpc) is 2.26. The van der Waals surface area contributed by atoms with Gasteiger partial charge in [0.15, 0.2) is 0 Å². The van der Waals surface area contributed by atoms with Crippen molar-refractivity contribution in [3.8, 4) is 5.75 Å². The fraction of sp³-hybridized carbons (Fsp3) is 0.385. The van der Waals surface area contributed by atoms with Gasteiger partial charge in [-0.25, -0.2) is 0 Å². The van der Waals surface area contributed by atoms with Crippen LogP contribution in [0.2, 0.25) is 5.02 Å². The quantitative estimate of drug-likeness (QED) is 0.727. The molecule has 88 valence electrons. The number of ether oxygens (including phenoxy) is 1. The fourth-order valence-electron chi connectivity index (χ4n) is 1.38. The van der Waals surface area contributed by atoms with E-state index in [2.05, 4.69) is 35.9 Å². The van der Waals surface area contributed by atoms with E-state index < -0.39 is 0 Å². The SMILES string of the molecule is COc1cccc(Cl)c1/C=C(/CBr)C(C)C. The van der Waals surface area contributed by atoms with Crippen molar-refractivity contribution in [1.82, 2.24) is 0 Å². The van der Waals surface area contributed by atoms with Crippen LogP contribution < -0.4 is 4.74 Å². The number of methoxy groups -OCH3 is 1. The van der Waals surface area contributed by atoms with Crippen molar-refractivity contribution < 1.29 is 4.74 Å². The molecule has 1 aromatic rings. The third-order valence-corrected chi connectivity index (χ3v) is 3.44. The smallest absolute Gasteiger partial charge is 0.127 e.